The Morgan fingerprint density at radius 3 is 2.36 bits per heavy atom. The summed E-state index contributed by atoms with van der Waals surface area (Å²) in [4.78, 5) is 27.8. The van der Waals surface area contributed by atoms with Crippen LogP contribution in [-0.2, 0) is 43.4 Å². The van der Waals surface area contributed by atoms with Gasteiger partial charge in [0.05, 0.1) is 6.61 Å². The number of para-hydroxylation sites is 1. The van der Waals surface area contributed by atoms with E-state index in [1.807, 2.05) is 0 Å². The van der Waals surface area contributed by atoms with Crippen LogP contribution in [0.1, 0.15) is 38.8 Å². The van der Waals surface area contributed by atoms with Gasteiger partial charge in [0.1, 0.15) is 24.6 Å². The van der Waals surface area contributed by atoms with E-state index in [0.717, 1.165) is 0 Å². The third kappa shape index (κ3) is 3.42. The molecule has 0 aliphatic carbocycles. The summed E-state index contributed by atoms with van der Waals surface area (Å²) in [5.74, 6) is -4.61. The van der Waals surface area contributed by atoms with Gasteiger partial charge in [-0.15, -0.1) is 0 Å². The maximum absolute atomic E-state index is 14.3. The van der Waals surface area contributed by atoms with Crippen molar-refractivity contribution >= 4 is 11.9 Å². The topological polar surface area (TPSA) is 98.8 Å². The van der Waals surface area contributed by atoms with E-state index in [1.54, 1.807) is 82.3 Å². The second-order valence-electron chi connectivity index (χ2n) is 10.4. The first-order valence-electron chi connectivity index (χ1n) is 12.0. The Morgan fingerprint density at radius 2 is 1.64 bits per heavy atom. The lowest BCUT2D eigenvalue weighted by Gasteiger charge is -2.44. The second kappa shape index (κ2) is 7.84. The lowest BCUT2D eigenvalue weighted by molar-refractivity contribution is -0.329. The molecule has 190 valence electrons. The smallest absolute Gasteiger partial charge is 0.338 e. The summed E-state index contributed by atoms with van der Waals surface area (Å²) in [5.41, 5.74) is -1.00. The molecule has 9 heteroatoms. The minimum absolute atomic E-state index is 0.00429. The number of ether oxygens (including phenoxy) is 7. The zero-order chi connectivity index (χ0) is 25.3. The van der Waals surface area contributed by atoms with Crippen molar-refractivity contribution in [1.29, 1.82) is 0 Å². The van der Waals surface area contributed by atoms with Crippen LogP contribution in [0.3, 0.4) is 0 Å². The largest absolute Gasteiger partial charge is 0.452 e. The zero-order valence-corrected chi connectivity index (χ0v) is 20.5. The normalized spacial score (nSPS) is 35.8. The van der Waals surface area contributed by atoms with Gasteiger partial charge in [-0.2, -0.15) is 0 Å². The molecule has 0 amide bonds. The van der Waals surface area contributed by atoms with E-state index >= 15 is 0 Å². The zero-order valence-electron chi connectivity index (χ0n) is 20.5. The van der Waals surface area contributed by atoms with E-state index in [-0.39, 0.29) is 13.2 Å². The quantitative estimate of drug-likeness (QED) is 0.361. The number of hydrogen-bond acceptors (Lipinski definition) is 9. The fraction of sp³-hybridized carbons (Fsp3) is 0.481. The van der Waals surface area contributed by atoms with E-state index in [2.05, 4.69) is 0 Å². The maximum atomic E-state index is 14.3. The number of rotatable bonds is 3. The molecule has 0 bridgehead atoms. The van der Waals surface area contributed by atoms with E-state index in [9.17, 15) is 9.59 Å². The third-order valence-corrected chi connectivity index (χ3v) is 7.03. The predicted octanol–water partition coefficient (Wildman–Crippen LogP) is 2.83. The molecule has 36 heavy (non-hydrogen) atoms. The Labute approximate surface area is 208 Å². The summed E-state index contributed by atoms with van der Waals surface area (Å²) < 4.78 is 42.1. The maximum Gasteiger partial charge on any atom is 0.338 e. The highest BCUT2D eigenvalue weighted by atomic mass is 16.9. The van der Waals surface area contributed by atoms with E-state index < -0.39 is 53.0 Å². The first kappa shape index (κ1) is 23.6. The molecule has 5 atom stereocenters. The molecule has 4 heterocycles. The molecule has 2 aromatic carbocycles. The molecule has 4 aliphatic heterocycles. The summed E-state index contributed by atoms with van der Waals surface area (Å²) in [7, 11) is 0. The summed E-state index contributed by atoms with van der Waals surface area (Å²) in [6, 6.07) is 15.6. The van der Waals surface area contributed by atoms with Gasteiger partial charge in [-0.3, -0.25) is 4.79 Å². The molecule has 9 nitrogen and oxygen atoms in total. The predicted molar refractivity (Wildman–Crippen MR) is 123 cm³/mol. The van der Waals surface area contributed by atoms with Crippen LogP contribution in [0.15, 0.2) is 54.6 Å². The molecule has 0 saturated carbocycles. The Bertz CT molecular complexity index is 1210. The summed E-state index contributed by atoms with van der Waals surface area (Å²) in [6.45, 7) is 7.23. The van der Waals surface area contributed by atoms with Crippen LogP contribution < -0.4 is 4.74 Å². The van der Waals surface area contributed by atoms with Crippen molar-refractivity contribution < 1.29 is 42.7 Å². The molecule has 4 aliphatic rings. The number of carbonyl (C=O) groups is 2. The fourth-order valence-corrected chi connectivity index (χ4v) is 5.55. The van der Waals surface area contributed by atoms with Gasteiger partial charge < -0.3 is 33.2 Å². The lowest BCUT2D eigenvalue weighted by atomic mass is 9.75. The summed E-state index contributed by atoms with van der Waals surface area (Å²) in [6.07, 6.45) is -2.31. The number of carbonyl (C=O) groups excluding carboxylic acids is 2. The lowest BCUT2D eigenvalue weighted by Crippen LogP contribution is -2.64. The highest BCUT2D eigenvalue weighted by molar-refractivity contribution is 6.13. The number of fused-ring (bicyclic) bond motifs is 2. The van der Waals surface area contributed by atoms with Gasteiger partial charge in [0.25, 0.3) is 0 Å². The van der Waals surface area contributed by atoms with Crippen LogP contribution >= 0.6 is 0 Å². The Hall–Kier alpha value is -2.82. The van der Waals surface area contributed by atoms with Crippen LogP contribution in [0.4, 0.5) is 0 Å². The fourth-order valence-electron chi connectivity index (χ4n) is 5.55. The van der Waals surface area contributed by atoms with Crippen LogP contribution in [0.25, 0.3) is 0 Å². The summed E-state index contributed by atoms with van der Waals surface area (Å²) in [5, 5.41) is 0. The van der Waals surface area contributed by atoms with Crippen molar-refractivity contribution in [2.45, 2.75) is 68.8 Å². The second-order valence-corrected chi connectivity index (χ2v) is 10.4. The molecule has 1 unspecified atom stereocenters. The van der Waals surface area contributed by atoms with Crippen LogP contribution in [0.2, 0.25) is 0 Å². The Morgan fingerprint density at radius 1 is 0.917 bits per heavy atom. The average Bonchev–Trinajstić information content (AvgIpc) is 3.44. The van der Waals surface area contributed by atoms with Gasteiger partial charge in [-0.25, -0.2) is 4.79 Å². The first-order chi connectivity index (χ1) is 17.1. The Kier molecular flexibility index (Phi) is 5.13. The molecule has 0 aromatic heterocycles. The summed E-state index contributed by atoms with van der Waals surface area (Å²) >= 11 is 0. The molecule has 2 aromatic rings. The van der Waals surface area contributed by atoms with Crippen LogP contribution in [0, 0.1) is 0 Å². The third-order valence-electron chi connectivity index (χ3n) is 7.03. The van der Waals surface area contributed by atoms with Crippen molar-refractivity contribution in [1.82, 2.24) is 0 Å². The van der Waals surface area contributed by atoms with Crippen molar-refractivity contribution in [3.8, 4) is 5.75 Å². The molecule has 0 N–H and O–H groups in total. The van der Waals surface area contributed by atoms with Gasteiger partial charge in [0.2, 0.25) is 11.2 Å². The van der Waals surface area contributed by atoms with E-state index in [4.69, 9.17) is 33.2 Å². The van der Waals surface area contributed by atoms with Crippen molar-refractivity contribution in [3.63, 3.8) is 0 Å². The van der Waals surface area contributed by atoms with Crippen molar-refractivity contribution in [3.05, 3.63) is 65.7 Å². The number of benzene rings is 2. The minimum atomic E-state index is -1.84. The van der Waals surface area contributed by atoms with E-state index in [1.165, 1.54) is 0 Å². The molecular weight excluding hydrogens is 468 g/mol. The SMILES string of the molecule is CC1(C)O[C@@H]2[C@@H](CO[C@]3(COC(C)(C)O3)[C@H]2OC(=O)C2(c3ccccc3)C(=O)Oc3ccccc32)O1. The van der Waals surface area contributed by atoms with Crippen molar-refractivity contribution in [2.24, 2.45) is 0 Å². The molecule has 0 radical (unpaired) electrons. The Balaban J connectivity index is 1.45. The molecule has 1 spiro atoms. The highest BCUT2D eigenvalue weighted by Gasteiger charge is 2.66. The molecule has 6 rings (SSSR count). The first-order valence-corrected chi connectivity index (χ1v) is 12.0. The van der Waals surface area contributed by atoms with Crippen LogP contribution in [0.5, 0.6) is 5.75 Å². The van der Waals surface area contributed by atoms with Crippen LogP contribution in [-0.4, -0.2) is 60.8 Å². The number of hydrogen-bond donors (Lipinski definition) is 0. The van der Waals surface area contributed by atoms with Crippen molar-refractivity contribution in [2.75, 3.05) is 13.2 Å². The van der Waals surface area contributed by atoms with Gasteiger partial charge in [0, 0.05) is 5.56 Å². The molecule has 3 saturated heterocycles. The van der Waals surface area contributed by atoms with Gasteiger partial charge in [-0.1, -0.05) is 48.5 Å². The molecule has 3 fully saturated rings. The standard InChI is InChI=1S/C27H28O9/c1-24(2)31-15-26(36-24)21(20-19(14-30-26)34-25(3,4)35-20)33-23(29)27(16-10-6-5-7-11-16)17-12-8-9-13-18(17)32-22(27)28/h5-13,19-21H,14-15H2,1-4H3/t19-,20-,21+,26+,27?/m1/s1. The number of esters is 2. The highest BCUT2D eigenvalue weighted by Crippen LogP contribution is 2.49. The molecular formula is C27H28O9. The van der Waals surface area contributed by atoms with E-state index in [0.29, 0.717) is 16.9 Å². The van der Waals surface area contributed by atoms with Gasteiger partial charge in [-0.05, 0) is 39.3 Å². The minimum Gasteiger partial charge on any atom is -0.452 e. The van der Waals surface area contributed by atoms with Gasteiger partial charge in [0.15, 0.2) is 17.7 Å². The van der Waals surface area contributed by atoms with Gasteiger partial charge >= 0.3 is 11.9 Å². The monoisotopic (exact) mass is 496 g/mol. The average molecular weight is 497 g/mol.